The first kappa shape index (κ1) is 16.3. The molecule has 0 saturated heterocycles. The fourth-order valence-electron chi connectivity index (χ4n) is 3.69. The van der Waals surface area contributed by atoms with Gasteiger partial charge in [0.25, 0.3) is 0 Å². The second kappa shape index (κ2) is 6.29. The molecular weight excluding hydrogens is 302 g/mol. The van der Waals surface area contributed by atoms with Crippen LogP contribution in [0.15, 0.2) is 42.6 Å². The minimum Gasteiger partial charge on any atom is -0.200 e. The van der Waals surface area contributed by atoms with E-state index >= 15 is 0 Å². The van der Waals surface area contributed by atoms with Gasteiger partial charge in [-0.25, -0.2) is 4.57 Å². The summed E-state index contributed by atoms with van der Waals surface area (Å²) in [6.07, 6.45) is 1.58. The lowest BCUT2D eigenvalue weighted by Crippen LogP contribution is -2.30. The molecule has 0 fully saturated rings. The van der Waals surface area contributed by atoms with E-state index in [1.54, 1.807) is 0 Å². The van der Waals surface area contributed by atoms with Crippen molar-refractivity contribution in [3.63, 3.8) is 0 Å². The number of pyridine rings is 1. The topological polar surface area (TPSA) is 3.88 Å². The molecule has 0 amide bonds. The molecule has 0 aliphatic carbocycles. The average Bonchev–Trinajstić information content (AvgIpc) is 2.51. The van der Waals surface area contributed by atoms with Crippen LogP contribution >= 0.6 is 0 Å². The zero-order chi connectivity index (χ0) is 19.2. The van der Waals surface area contributed by atoms with Gasteiger partial charge in [0.05, 0.1) is 10.9 Å². The van der Waals surface area contributed by atoms with Gasteiger partial charge in [0.15, 0.2) is 6.17 Å². The molecule has 0 atom stereocenters. The molecule has 2 aromatic carbocycles. The summed E-state index contributed by atoms with van der Waals surface area (Å²) in [5.74, 6) is 0. The van der Waals surface area contributed by atoms with Crippen molar-refractivity contribution < 1.29 is 5.94 Å². The SMILES string of the molecule is [2H]c1cc2cc(CC(C)(C)C)ccc2c(-c2cc(C)cc(C)c2C)[n+]1C. The Kier molecular flexibility index (Phi) is 4.11. The highest BCUT2D eigenvalue weighted by molar-refractivity contribution is 5.94. The molecule has 0 spiro atoms. The Morgan fingerprint density at radius 1 is 1.00 bits per heavy atom. The van der Waals surface area contributed by atoms with E-state index in [9.17, 15) is 0 Å². The van der Waals surface area contributed by atoms with E-state index in [4.69, 9.17) is 1.37 Å². The van der Waals surface area contributed by atoms with Gasteiger partial charge in [-0.1, -0.05) is 44.5 Å². The standard InChI is InChI=1S/C24H30N/c1-16-12-17(2)18(3)22(13-16)23-21-9-8-19(15-24(4,5)6)14-20(21)10-11-25(23)7/h8-14H,15H2,1-7H3/q+1/i11D. The second-order valence-corrected chi connectivity index (χ2v) is 8.59. The molecule has 0 bridgehead atoms. The molecule has 1 aromatic heterocycles. The summed E-state index contributed by atoms with van der Waals surface area (Å²) in [5.41, 5.74) is 7.80. The maximum Gasteiger partial charge on any atom is 0.220 e. The lowest BCUT2D eigenvalue weighted by atomic mass is 9.87. The van der Waals surface area contributed by atoms with Crippen molar-refractivity contribution in [3.05, 3.63) is 64.8 Å². The van der Waals surface area contributed by atoms with Crippen molar-refractivity contribution in [2.45, 2.75) is 48.0 Å². The highest BCUT2D eigenvalue weighted by atomic mass is 14.9. The lowest BCUT2D eigenvalue weighted by molar-refractivity contribution is -0.659. The molecule has 25 heavy (non-hydrogen) atoms. The van der Waals surface area contributed by atoms with Crippen LogP contribution in [-0.4, -0.2) is 0 Å². The summed E-state index contributed by atoms with van der Waals surface area (Å²) >= 11 is 0. The Balaban J connectivity index is 2.31. The molecule has 0 saturated carbocycles. The molecule has 1 heterocycles. The minimum absolute atomic E-state index is 0.254. The van der Waals surface area contributed by atoms with E-state index in [0.29, 0.717) is 6.17 Å². The number of aromatic nitrogens is 1. The van der Waals surface area contributed by atoms with Crippen LogP contribution in [0.1, 0.15) is 44.4 Å². The fourth-order valence-corrected chi connectivity index (χ4v) is 3.69. The van der Waals surface area contributed by atoms with E-state index in [-0.39, 0.29) is 5.41 Å². The Morgan fingerprint density at radius 3 is 2.40 bits per heavy atom. The lowest BCUT2D eigenvalue weighted by Gasteiger charge is -2.18. The molecule has 0 aliphatic heterocycles. The van der Waals surface area contributed by atoms with E-state index < -0.39 is 0 Å². The number of hydrogen-bond acceptors (Lipinski definition) is 0. The first-order valence-corrected chi connectivity index (χ1v) is 9.07. The third kappa shape index (κ3) is 3.61. The molecule has 3 rings (SSSR count). The van der Waals surface area contributed by atoms with Gasteiger partial charge in [-0.15, -0.1) is 0 Å². The highest BCUT2D eigenvalue weighted by Gasteiger charge is 2.19. The summed E-state index contributed by atoms with van der Waals surface area (Å²) in [6, 6.07) is 13.2. The molecule has 0 radical (unpaired) electrons. The molecule has 1 nitrogen and oxygen atoms in total. The smallest absolute Gasteiger partial charge is 0.200 e. The number of aryl methyl sites for hydroxylation is 2. The highest BCUT2D eigenvalue weighted by Crippen LogP contribution is 2.31. The van der Waals surface area contributed by atoms with Crippen LogP contribution in [0.2, 0.25) is 0 Å². The monoisotopic (exact) mass is 333 g/mol. The molecule has 0 unspecified atom stereocenters. The van der Waals surface area contributed by atoms with Crippen LogP contribution < -0.4 is 4.57 Å². The Labute approximate surface area is 153 Å². The van der Waals surface area contributed by atoms with Gasteiger partial charge >= 0.3 is 0 Å². The van der Waals surface area contributed by atoms with Crippen LogP contribution in [0.5, 0.6) is 0 Å². The van der Waals surface area contributed by atoms with Gasteiger partial charge in [0.2, 0.25) is 5.69 Å². The minimum atomic E-state index is 0.254. The number of hydrogen-bond donors (Lipinski definition) is 0. The maximum atomic E-state index is 8.48. The van der Waals surface area contributed by atoms with Crippen molar-refractivity contribution >= 4 is 10.8 Å². The van der Waals surface area contributed by atoms with Gasteiger partial charge < -0.3 is 0 Å². The Morgan fingerprint density at radius 2 is 1.72 bits per heavy atom. The second-order valence-electron chi connectivity index (χ2n) is 8.59. The predicted molar refractivity (Wildman–Crippen MR) is 108 cm³/mol. The van der Waals surface area contributed by atoms with Gasteiger partial charge in [-0.3, -0.25) is 0 Å². The van der Waals surface area contributed by atoms with Crippen molar-refractivity contribution in [2.24, 2.45) is 12.5 Å². The van der Waals surface area contributed by atoms with E-state index in [2.05, 4.69) is 71.9 Å². The number of rotatable bonds is 2. The van der Waals surface area contributed by atoms with Gasteiger partial charge in [0, 0.05) is 6.07 Å². The predicted octanol–water partition coefficient (Wildman–Crippen LogP) is 5.85. The van der Waals surface area contributed by atoms with Crippen LogP contribution in [0.4, 0.5) is 0 Å². The van der Waals surface area contributed by atoms with Crippen molar-refractivity contribution in [1.29, 1.82) is 0 Å². The summed E-state index contributed by atoms with van der Waals surface area (Å²) in [6.45, 7) is 13.3. The molecule has 1 heteroatoms. The van der Waals surface area contributed by atoms with Crippen molar-refractivity contribution in [1.82, 2.24) is 0 Å². The zero-order valence-corrected chi connectivity index (χ0v) is 16.6. The first-order chi connectivity index (χ1) is 12.1. The number of fused-ring (bicyclic) bond motifs is 1. The quantitative estimate of drug-likeness (QED) is 0.518. The third-order valence-electron chi connectivity index (χ3n) is 4.92. The van der Waals surface area contributed by atoms with Gasteiger partial charge in [-0.05, 0) is 66.8 Å². The molecule has 0 aliphatic rings. The van der Waals surface area contributed by atoms with E-state index in [1.165, 1.54) is 33.2 Å². The van der Waals surface area contributed by atoms with Crippen LogP contribution in [0.3, 0.4) is 0 Å². The van der Waals surface area contributed by atoms with E-state index in [1.807, 2.05) is 17.7 Å². The van der Waals surface area contributed by atoms with Gasteiger partial charge in [-0.2, -0.15) is 0 Å². The summed E-state index contributed by atoms with van der Waals surface area (Å²) in [5, 5.41) is 2.37. The third-order valence-corrected chi connectivity index (χ3v) is 4.92. The Hall–Kier alpha value is -2.15. The summed E-state index contributed by atoms with van der Waals surface area (Å²) in [4.78, 5) is 0. The summed E-state index contributed by atoms with van der Waals surface area (Å²) in [7, 11) is 2.00. The molecule has 0 N–H and O–H groups in total. The zero-order valence-electron chi connectivity index (χ0n) is 17.6. The van der Waals surface area contributed by atoms with E-state index in [0.717, 1.165) is 17.5 Å². The van der Waals surface area contributed by atoms with Crippen LogP contribution in [0, 0.1) is 26.2 Å². The van der Waals surface area contributed by atoms with Crippen molar-refractivity contribution in [2.75, 3.05) is 0 Å². The van der Waals surface area contributed by atoms with Gasteiger partial charge in [0.1, 0.15) is 8.42 Å². The molecular formula is C24H30N+. The fraction of sp³-hybridized carbons (Fsp3) is 0.375. The normalized spacial score (nSPS) is 12.5. The van der Waals surface area contributed by atoms with Crippen LogP contribution in [0.25, 0.3) is 22.0 Å². The summed E-state index contributed by atoms with van der Waals surface area (Å²) < 4.78 is 10.5. The molecule has 3 aromatic rings. The Bertz CT molecular complexity index is 993. The maximum absolute atomic E-state index is 8.48. The van der Waals surface area contributed by atoms with Crippen LogP contribution in [-0.2, 0) is 13.5 Å². The molecule has 130 valence electrons. The van der Waals surface area contributed by atoms with Crippen molar-refractivity contribution in [3.8, 4) is 11.3 Å². The first-order valence-electron chi connectivity index (χ1n) is 9.57. The largest absolute Gasteiger partial charge is 0.220 e. The number of nitrogens with zero attached hydrogens (tertiary/aromatic N) is 1. The average molecular weight is 334 g/mol. The number of benzene rings is 2.